The van der Waals surface area contributed by atoms with Gasteiger partial charge in [0.15, 0.2) is 0 Å². The number of hydrogen-bond donors (Lipinski definition) is 0. The van der Waals surface area contributed by atoms with Gasteiger partial charge < -0.3 is 0 Å². The first kappa shape index (κ1) is 3.87. The third-order valence-corrected chi connectivity index (χ3v) is 1.37. The van der Waals surface area contributed by atoms with Gasteiger partial charge in [-0.25, -0.2) is 0 Å². The molecule has 0 aliphatic heterocycles. The third kappa shape index (κ3) is 0.600. The van der Waals surface area contributed by atoms with E-state index in [1.807, 2.05) is 10.2 Å². The maximum atomic E-state index is 2.18. The molecule has 0 saturated heterocycles. The van der Waals surface area contributed by atoms with Crippen LogP contribution < -0.4 is 0 Å². The molecular weight excluding hydrogens is 88.1 g/mol. The Hall–Kier alpha value is -0.303. The third-order valence-electron chi connectivity index (χ3n) is 0.828. The van der Waals surface area contributed by atoms with Crippen molar-refractivity contribution in [2.45, 2.75) is 5.54 Å². The zero-order valence-electron chi connectivity index (χ0n) is 3.59. The SMILES string of the molecule is [SiH2]C1C=CC=C1. The van der Waals surface area contributed by atoms with Crippen molar-refractivity contribution < 1.29 is 0 Å². The van der Waals surface area contributed by atoms with Crippen LogP contribution in [0.3, 0.4) is 0 Å². The Morgan fingerprint density at radius 3 is 1.83 bits per heavy atom. The van der Waals surface area contributed by atoms with E-state index in [2.05, 4.69) is 24.3 Å². The molecule has 1 rings (SSSR count). The molecule has 0 aromatic heterocycles. The van der Waals surface area contributed by atoms with Gasteiger partial charge in [0, 0.05) is 10.2 Å². The predicted octanol–water partition coefficient (Wildman–Crippen LogP) is 0.534. The van der Waals surface area contributed by atoms with Gasteiger partial charge in [0.2, 0.25) is 0 Å². The van der Waals surface area contributed by atoms with E-state index in [-0.39, 0.29) is 0 Å². The Balaban J connectivity index is 2.60. The molecule has 0 N–H and O–H groups in total. The second-order valence-corrected chi connectivity index (χ2v) is 2.38. The van der Waals surface area contributed by atoms with Gasteiger partial charge in [0.25, 0.3) is 0 Å². The molecule has 1 heteroatoms. The average molecular weight is 95.2 g/mol. The first-order chi connectivity index (χ1) is 2.89. The highest BCUT2D eigenvalue weighted by molar-refractivity contribution is 6.14. The molecule has 1 aliphatic carbocycles. The van der Waals surface area contributed by atoms with Crippen LogP contribution in [0, 0.1) is 0 Å². The average Bonchev–Trinajstić information content (AvgIpc) is 1.86. The fourth-order valence-electron chi connectivity index (χ4n) is 0.478. The molecule has 0 aromatic rings. The molecule has 6 heavy (non-hydrogen) atoms. The summed E-state index contributed by atoms with van der Waals surface area (Å²) in [5.74, 6) is 0. The second kappa shape index (κ2) is 1.43. The Morgan fingerprint density at radius 2 is 1.67 bits per heavy atom. The highest BCUT2D eigenvalue weighted by Crippen LogP contribution is 2.08. The molecule has 0 saturated carbocycles. The first-order valence-electron chi connectivity index (χ1n) is 2.07. The largest absolute Gasteiger partial charge is 0.0813 e. The van der Waals surface area contributed by atoms with Crippen LogP contribution in [-0.4, -0.2) is 10.2 Å². The molecule has 0 bridgehead atoms. The van der Waals surface area contributed by atoms with Crippen molar-refractivity contribution in [2.24, 2.45) is 0 Å². The van der Waals surface area contributed by atoms with Crippen molar-refractivity contribution in [2.75, 3.05) is 0 Å². The van der Waals surface area contributed by atoms with Gasteiger partial charge in [-0.2, -0.15) is 0 Å². The van der Waals surface area contributed by atoms with Crippen LogP contribution in [0.1, 0.15) is 0 Å². The van der Waals surface area contributed by atoms with Gasteiger partial charge in [-0.3, -0.25) is 0 Å². The van der Waals surface area contributed by atoms with Crippen LogP contribution >= 0.6 is 0 Å². The van der Waals surface area contributed by atoms with E-state index in [1.165, 1.54) is 0 Å². The Labute approximate surface area is 41.0 Å². The van der Waals surface area contributed by atoms with E-state index in [4.69, 9.17) is 0 Å². The standard InChI is InChI=1S/C5H7Si/c6-5-3-1-2-4-5/h1-5H,6H2. The molecule has 0 aromatic carbocycles. The fourth-order valence-corrected chi connectivity index (χ4v) is 0.792. The van der Waals surface area contributed by atoms with E-state index in [0.717, 1.165) is 0 Å². The van der Waals surface area contributed by atoms with Gasteiger partial charge in [-0.05, 0) is 5.54 Å². The number of rotatable bonds is 0. The molecule has 0 atom stereocenters. The summed E-state index contributed by atoms with van der Waals surface area (Å²) in [6.45, 7) is 0. The molecule has 1 radical (unpaired) electrons. The van der Waals surface area contributed by atoms with E-state index in [9.17, 15) is 0 Å². The van der Waals surface area contributed by atoms with Crippen molar-refractivity contribution in [3.05, 3.63) is 24.3 Å². The summed E-state index contributed by atoms with van der Waals surface area (Å²) >= 11 is 0. The minimum Gasteiger partial charge on any atom is -0.0813 e. The Morgan fingerprint density at radius 1 is 1.17 bits per heavy atom. The van der Waals surface area contributed by atoms with Crippen molar-refractivity contribution in [1.29, 1.82) is 0 Å². The van der Waals surface area contributed by atoms with Crippen molar-refractivity contribution in [3.63, 3.8) is 0 Å². The Bertz CT molecular complexity index is 80.1. The molecule has 0 unspecified atom stereocenters. The summed E-state index contributed by atoms with van der Waals surface area (Å²) in [5.41, 5.74) is 0.713. The van der Waals surface area contributed by atoms with Gasteiger partial charge in [-0.1, -0.05) is 24.3 Å². The molecular formula is C5H7Si. The number of allylic oxidation sites excluding steroid dienone is 4. The minimum atomic E-state index is 0.713. The highest BCUT2D eigenvalue weighted by atomic mass is 28.1. The summed E-state index contributed by atoms with van der Waals surface area (Å²) in [6.07, 6.45) is 8.52. The minimum absolute atomic E-state index is 0.713. The molecule has 0 spiro atoms. The van der Waals surface area contributed by atoms with Gasteiger partial charge in [-0.15, -0.1) is 0 Å². The lowest BCUT2D eigenvalue weighted by Gasteiger charge is -1.83. The van der Waals surface area contributed by atoms with Gasteiger partial charge in [0.1, 0.15) is 0 Å². The van der Waals surface area contributed by atoms with Crippen LogP contribution in [0.2, 0.25) is 5.54 Å². The van der Waals surface area contributed by atoms with Crippen LogP contribution in [0.4, 0.5) is 0 Å². The van der Waals surface area contributed by atoms with E-state index in [1.54, 1.807) is 0 Å². The monoisotopic (exact) mass is 95.0 g/mol. The maximum Gasteiger partial charge on any atom is 0.0223 e. The summed E-state index contributed by atoms with van der Waals surface area (Å²) in [5, 5.41) is 0. The van der Waals surface area contributed by atoms with Gasteiger partial charge >= 0.3 is 0 Å². The lowest BCUT2D eigenvalue weighted by molar-refractivity contribution is 1.42. The molecule has 0 nitrogen and oxygen atoms in total. The zero-order chi connectivity index (χ0) is 4.41. The normalized spacial score (nSPS) is 20.2. The van der Waals surface area contributed by atoms with Crippen molar-refractivity contribution in [1.82, 2.24) is 0 Å². The van der Waals surface area contributed by atoms with Crippen molar-refractivity contribution in [3.8, 4) is 0 Å². The van der Waals surface area contributed by atoms with Crippen LogP contribution in [0.5, 0.6) is 0 Å². The van der Waals surface area contributed by atoms with Crippen LogP contribution in [0.15, 0.2) is 24.3 Å². The lowest BCUT2D eigenvalue weighted by Crippen LogP contribution is -1.71. The Kier molecular flexibility index (Phi) is 0.924. The van der Waals surface area contributed by atoms with Crippen molar-refractivity contribution >= 4 is 10.2 Å². The maximum absolute atomic E-state index is 2.18. The van der Waals surface area contributed by atoms with Gasteiger partial charge in [0.05, 0.1) is 0 Å². The molecule has 0 heterocycles. The number of hydrogen-bond acceptors (Lipinski definition) is 0. The second-order valence-electron chi connectivity index (χ2n) is 1.43. The quantitative estimate of drug-likeness (QED) is 0.385. The highest BCUT2D eigenvalue weighted by Gasteiger charge is 1.90. The van der Waals surface area contributed by atoms with E-state index >= 15 is 0 Å². The molecule has 31 valence electrons. The summed E-state index contributed by atoms with van der Waals surface area (Å²) in [4.78, 5) is 0. The summed E-state index contributed by atoms with van der Waals surface area (Å²) in [7, 11) is 1.99. The predicted molar refractivity (Wildman–Crippen MR) is 30.6 cm³/mol. The topological polar surface area (TPSA) is 0 Å². The first-order valence-corrected chi connectivity index (χ1v) is 2.89. The van der Waals surface area contributed by atoms with E-state index in [0.29, 0.717) is 5.54 Å². The lowest BCUT2D eigenvalue weighted by atomic mass is 10.5. The molecule has 0 amide bonds. The fraction of sp³-hybridized carbons (Fsp3) is 0.200. The smallest absolute Gasteiger partial charge is 0.0223 e. The summed E-state index contributed by atoms with van der Waals surface area (Å²) < 4.78 is 0. The molecule has 0 fully saturated rings. The summed E-state index contributed by atoms with van der Waals surface area (Å²) in [6, 6.07) is 0. The van der Waals surface area contributed by atoms with Crippen LogP contribution in [0.25, 0.3) is 0 Å². The van der Waals surface area contributed by atoms with E-state index < -0.39 is 0 Å². The zero-order valence-corrected chi connectivity index (χ0v) is 5.01. The van der Waals surface area contributed by atoms with Crippen LogP contribution in [-0.2, 0) is 0 Å². The molecule has 1 aliphatic rings.